The van der Waals surface area contributed by atoms with E-state index in [0.29, 0.717) is 25.1 Å². The van der Waals surface area contributed by atoms with Crippen LogP contribution < -0.4 is 10.1 Å². The van der Waals surface area contributed by atoms with Gasteiger partial charge < -0.3 is 10.1 Å². The molecule has 1 heterocycles. The van der Waals surface area contributed by atoms with Crippen molar-refractivity contribution in [3.63, 3.8) is 0 Å². The van der Waals surface area contributed by atoms with Gasteiger partial charge in [-0.2, -0.15) is 0 Å². The van der Waals surface area contributed by atoms with Crippen molar-refractivity contribution in [2.75, 3.05) is 18.5 Å². The highest BCUT2D eigenvalue weighted by molar-refractivity contribution is 6.05. The molecular weight excluding hydrogens is 320 g/mol. The number of hydrogen-bond acceptors (Lipinski definition) is 4. The lowest BCUT2D eigenvalue weighted by atomic mass is 9.85. The van der Waals surface area contributed by atoms with Crippen LogP contribution in [0.15, 0.2) is 36.4 Å². The van der Waals surface area contributed by atoms with Gasteiger partial charge in [0.1, 0.15) is 5.75 Å². The Balaban J connectivity index is 1.52. The van der Waals surface area contributed by atoms with Gasteiger partial charge in [-0.3, -0.25) is 19.3 Å². The van der Waals surface area contributed by atoms with Gasteiger partial charge in [0.15, 0.2) is 0 Å². The Hall–Kier alpha value is -2.63. The van der Waals surface area contributed by atoms with Crippen molar-refractivity contribution in [3.8, 4) is 5.75 Å². The van der Waals surface area contributed by atoms with Crippen LogP contribution in [-0.2, 0) is 14.4 Å². The molecule has 2 aliphatic rings. The molecule has 1 aromatic rings. The molecule has 1 N–H and O–H groups in total. The fourth-order valence-electron chi connectivity index (χ4n) is 3.33. The number of carbonyl (C=O) groups excluding carboxylic acids is 3. The molecule has 0 radical (unpaired) electrons. The average molecular weight is 342 g/mol. The van der Waals surface area contributed by atoms with Crippen molar-refractivity contribution in [2.45, 2.75) is 26.2 Å². The molecule has 1 saturated heterocycles. The number of anilines is 1. The zero-order valence-corrected chi connectivity index (χ0v) is 14.2. The predicted molar refractivity (Wildman–Crippen MR) is 92.9 cm³/mol. The van der Waals surface area contributed by atoms with E-state index in [-0.39, 0.29) is 42.5 Å². The van der Waals surface area contributed by atoms with Crippen molar-refractivity contribution in [2.24, 2.45) is 11.8 Å². The van der Waals surface area contributed by atoms with Gasteiger partial charge in [0.2, 0.25) is 17.7 Å². The maximum Gasteiger partial charge on any atom is 0.233 e. The van der Waals surface area contributed by atoms with E-state index in [0.717, 1.165) is 5.75 Å². The number of ether oxygens (including phenoxy) is 1. The standard InChI is InChI=1S/C19H22N2O4/c1-2-25-14-9-7-13(8-10-14)20-17(22)11-12-21-18(23)15-5-3-4-6-16(15)19(21)24/h3-4,7-10,15-16H,2,5-6,11-12H2,1H3,(H,20,22)/t15-,16+. The number of carbonyl (C=O) groups is 3. The Morgan fingerprint density at radius 2 is 1.72 bits per heavy atom. The Bertz CT molecular complexity index is 670. The number of amides is 3. The second kappa shape index (κ2) is 7.51. The Kier molecular flexibility index (Phi) is 5.16. The first-order valence-electron chi connectivity index (χ1n) is 8.63. The number of rotatable bonds is 6. The quantitative estimate of drug-likeness (QED) is 0.636. The molecule has 6 heteroatoms. The molecule has 0 saturated carbocycles. The van der Waals surface area contributed by atoms with Gasteiger partial charge in [0, 0.05) is 18.7 Å². The second-order valence-electron chi connectivity index (χ2n) is 6.24. The molecule has 0 unspecified atom stereocenters. The molecule has 0 bridgehead atoms. The third-order valence-electron chi connectivity index (χ3n) is 4.61. The van der Waals surface area contributed by atoms with Gasteiger partial charge in [-0.25, -0.2) is 0 Å². The Morgan fingerprint density at radius 1 is 1.12 bits per heavy atom. The van der Waals surface area contributed by atoms with E-state index in [1.807, 2.05) is 19.1 Å². The van der Waals surface area contributed by atoms with E-state index in [1.165, 1.54) is 4.90 Å². The van der Waals surface area contributed by atoms with Gasteiger partial charge in [0.25, 0.3) is 0 Å². The Morgan fingerprint density at radius 3 is 2.28 bits per heavy atom. The van der Waals surface area contributed by atoms with Crippen LogP contribution in [0.25, 0.3) is 0 Å². The van der Waals surface area contributed by atoms with E-state index in [2.05, 4.69) is 5.32 Å². The summed E-state index contributed by atoms with van der Waals surface area (Å²) in [5, 5.41) is 2.77. The highest BCUT2D eigenvalue weighted by Crippen LogP contribution is 2.35. The van der Waals surface area contributed by atoms with Gasteiger partial charge in [-0.1, -0.05) is 12.2 Å². The van der Waals surface area contributed by atoms with Gasteiger partial charge >= 0.3 is 0 Å². The van der Waals surface area contributed by atoms with E-state index in [9.17, 15) is 14.4 Å². The number of benzene rings is 1. The molecule has 6 nitrogen and oxygen atoms in total. The monoisotopic (exact) mass is 342 g/mol. The van der Waals surface area contributed by atoms with Crippen LogP contribution in [0.4, 0.5) is 5.69 Å². The maximum absolute atomic E-state index is 12.3. The summed E-state index contributed by atoms with van der Waals surface area (Å²) in [6.07, 6.45) is 5.23. The topological polar surface area (TPSA) is 75.7 Å². The van der Waals surface area contributed by atoms with Crippen LogP contribution in [0.3, 0.4) is 0 Å². The van der Waals surface area contributed by atoms with Crippen molar-refractivity contribution in [1.82, 2.24) is 4.90 Å². The fraction of sp³-hybridized carbons (Fsp3) is 0.421. The molecule has 25 heavy (non-hydrogen) atoms. The van der Waals surface area contributed by atoms with Crippen LogP contribution in [0.2, 0.25) is 0 Å². The maximum atomic E-state index is 12.3. The SMILES string of the molecule is CCOc1ccc(NC(=O)CCN2C(=O)[C@H]3CC=CC[C@H]3C2=O)cc1. The van der Waals surface area contributed by atoms with Gasteiger partial charge in [0.05, 0.1) is 18.4 Å². The molecule has 1 aliphatic carbocycles. The summed E-state index contributed by atoms with van der Waals surface area (Å²) < 4.78 is 5.35. The number of nitrogens with zero attached hydrogens (tertiary/aromatic N) is 1. The smallest absolute Gasteiger partial charge is 0.233 e. The van der Waals surface area contributed by atoms with Crippen molar-refractivity contribution in [3.05, 3.63) is 36.4 Å². The van der Waals surface area contributed by atoms with E-state index in [4.69, 9.17) is 4.74 Å². The van der Waals surface area contributed by atoms with E-state index < -0.39 is 0 Å². The first-order valence-corrected chi connectivity index (χ1v) is 8.63. The highest BCUT2D eigenvalue weighted by Gasteiger charge is 2.46. The third-order valence-corrected chi connectivity index (χ3v) is 4.61. The minimum absolute atomic E-state index is 0.0948. The fourth-order valence-corrected chi connectivity index (χ4v) is 3.33. The number of hydrogen-bond donors (Lipinski definition) is 1. The van der Waals surface area contributed by atoms with Crippen LogP contribution in [0.5, 0.6) is 5.75 Å². The van der Waals surface area contributed by atoms with Crippen molar-refractivity contribution in [1.29, 1.82) is 0 Å². The lowest BCUT2D eigenvalue weighted by Crippen LogP contribution is -2.34. The molecule has 0 aromatic heterocycles. The predicted octanol–water partition coefficient (Wildman–Crippen LogP) is 2.37. The molecular formula is C19H22N2O4. The van der Waals surface area contributed by atoms with Crippen LogP contribution in [0, 0.1) is 11.8 Å². The number of nitrogens with one attached hydrogen (secondary N) is 1. The zero-order valence-electron chi connectivity index (χ0n) is 14.2. The minimum Gasteiger partial charge on any atom is -0.494 e. The number of likely N-dealkylation sites (tertiary alicyclic amines) is 1. The Labute approximate surface area is 146 Å². The third kappa shape index (κ3) is 3.73. The largest absolute Gasteiger partial charge is 0.494 e. The lowest BCUT2D eigenvalue weighted by Gasteiger charge is -2.14. The number of allylic oxidation sites excluding steroid dienone is 2. The molecule has 1 fully saturated rings. The van der Waals surface area contributed by atoms with Crippen LogP contribution in [-0.4, -0.2) is 35.8 Å². The van der Waals surface area contributed by atoms with Crippen molar-refractivity contribution < 1.29 is 19.1 Å². The summed E-state index contributed by atoms with van der Waals surface area (Å²) in [6, 6.07) is 7.08. The molecule has 2 atom stereocenters. The second-order valence-corrected chi connectivity index (χ2v) is 6.24. The summed E-state index contributed by atoms with van der Waals surface area (Å²) in [6.45, 7) is 2.62. The average Bonchev–Trinajstić information content (AvgIpc) is 2.86. The summed E-state index contributed by atoms with van der Waals surface area (Å²) in [5.74, 6) is -0.262. The number of fused-ring (bicyclic) bond motifs is 1. The van der Waals surface area contributed by atoms with Crippen LogP contribution >= 0.6 is 0 Å². The molecule has 132 valence electrons. The summed E-state index contributed by atoms with van der Waals surface area (Å²) in [7, 11) is 0. The van der Waals surface area contributed by atoms with E-state index >= 15 is 0 Å². The van der Waals surface area contributed by atoms with E-state index in [1.54, 1.807) is 24.3 Å². The van der Waals surface area contributed by atoms with Crippen molar-refractivity contribution >= 4 is 23.4 Å². The first-order chi connectivity index (χ1) is 12.1. The lowest BCUT2D eigenvalue weighted by molar-refractivity contribution is -0.140. The molecule has 1 aliphatic heterocycles. The first kappa shape index (κ1) is 17.2. The van der Waals surface area contributed by atoms with Gasteiger partial charge in [-0.05, 0) is 44.0 Å². The molecule has 1 aromatic carbocycles. The number of imide groups is 1. The van der Waals surface area contributed by atoms with Gasteiger partial charge in [-0.15, -0.1) is 0 Å². The summed E-state index contributed by atoms with van der Waals surface area (Å²) >= 11 is 0. The minimum atomic E-state index is -0.244. The normalized spacial score (nSPS) is 22.0. The molecule has 0 spiro atoms. The summed E-state index contributed by atoms with van der Waals surface area (Å²) in [4.78, 5) is 38.0. The molecule has 3 rings (SSSR count). The highest BCUT2D eigenvalue weighted by atomic mass is 16.5. The van der Waals surface area contributed by atoms with Crippen LogP contribution in [0.1, 0.15) is 26.2 Å². The zero-order chi connectivity index (χ0) is 17.8. The molecule has 3 amide bonds. The summed E-state index contributed by atoms with van der Waals surface area (Å²) in [5.41, 5.74) is 0.658.